The van der Waals surface area contributed by atoms with Gasteiger partial charge >= 0.3 is 5.97 Å². The Bertz CT molecular complexity index is 610. The van der Waals surface area contributed by atoms with Crippen molar-refractivity contribution in [3.05, 3.63) is 36.1 Å². The van der Waals surface area contributed by atoms with Crippen molar-refractivity contribution in [2.45, 2.75) is 19.0 Å². The molecule has 0 saturated carbocycles. The summed E-state index contributed by atoms with van der Waals surface area (Å²) in [6.45, 7) is 1.69. The van der Waals surface area contributed by atoms with Crippen LogP contribution in [0.3, 0.4) is 0 Å². The van der Waals surface area contributed by atoms with Crippen molar-refractivity contribution in [3.8, 4) is 0 Å². The number of nitrogens with zero attached hydrogens (tertiary/aromatic N) is 1. The summed E-state index contributed by atoms with van der Waals surface area (Å²) in [4.78, 5) is 13.2. The molecular weight excluding hydrogens is 274 g/mol. The monoisotopic (exact) mass is 291 g/mol. The van der Waals surface area contributed by atoms with E-state index in [1.54, 1.807) is 6.26 Å². The second-order valence-electron chi connectivity index (χ2n) is 5.05. The van der Waals surface area contributed by atoms with E-state index in [-0.39, 0.29) is 12.5 Å². The predicted molar refractivity (Wildman–Crippen MR) is 80.0 cm³/mol. The summed E-state index contributed by atoms with van der Waals surface area (Å²) in [5, 5.41) is 10.2. The average Bonchev–Trinajstić information content (AvgIpc) is 2.84. The summed E-state index contributed by atoms with van der Waals surface area (Å²) < 4.78 is 5.56. The molecule has 1 saturated heterocycles. The summed E-state index contributed by atoms with van der Waals surface area (Å²) in [6, 6.07) is 8.08. The van der Waals surface area contributed by atoms with Crippen LogP contribution in [0.5, 0.6) is 0 Å². The van der Waals surface area contributed by atoms with Crippen LogP contribution in [0.4, 0.5) is 0 Å². The van der Waals surface area contributed by atoms with E-state index in [0.29, 0.717) is 0 Å². The van der Waals surface area contributed by atoms with Gasteiger partial charge in [0.05, 0.1) is 12.7 Å². The van der Waals surface area contributed by atoms with E-state index in [9.17, 15) is 4.79 Å². The number of rotatable bonds is 4. The lowest BCUT2D eigenvalue weighted by Crippen LogP contribution is -2.42. The molecule has 3 rings (SSSR count). The molecule has 20 heavy (non-hydrogen) atoms. The first-order chi connectivity index (χ1) is 9.74. The Kier molecular flexibility index (Phi) is 3.98. The smallest absolute Gasteiger partial charge is 0.304 e. The quantitative estimate of drug-likeness (QED) is 0.938. The molecule has 1 atom stereocenters. The number of carbonyl (C=O) groups is 1. The van der Waals surface area contributed by atoms with Gasteiger partial charge in [-0.15, -0.1) is 0 Å². The van der Waals surface area contributed by atoms with Gasteiger partial charge in [-0.1, -0.05) is 18.2 Å². The topological polar surface area (TPSA) is 53.7 Å². The third-order valence-electron chi connectivity index (χ3n) is 3.69. The molecule has 1 aromatic carbocycles. The number of carboxylic acid groups (broad SMARTS) is 1. The average molecular weight is 291 g/mol. The van der Waals surface area contributed by atoms with Crippen molar-refractivity contribution >= 4 is 28.7 Å². The van der Waals surface area contributed by atoms with Gasteiger partial charge in [0.2, 0.25) is 0 Å². The highest BCUT2D eigenvalue weighted by Crippen LogP contribution is 2.26. The molecule has 0 spiro atoms. The second-order valence-corrected chi connectivity index (χ2v) is 6.20. The Balaban J connectivity index is 1.79. The van der Waals surface area contributed by atoms with Crippen LogP contribution in [0, 0.1) is 0 Å². The van der Waals surface area contributed by atoms with Gasteiger partial charge in [0.15, 0.2) is 0 Å². The molecule has 1 aliphatic rings. The number of hydrogen-bond donors (Lipinski definition) is 1. The summed E-state index contributed by atoms with van der Waals surface area (Å²) >= 11 is 1.84. The van der Waals surface area contributed by atoms with E-state index in [4.69, 9.17) is 9.52 Å². The highest BCUT2D eigenvalue weighted by Gasteiger charge is 2.25. The number of thioether (sulfide) groups is 1. The molecule has 4 nitrogen and oxygen atoms in total. The maximum atomic E-state index is 11.0. The molecular formula is C15H17NO3S. The number of aliphatic carboxylic acids is 1. The molecule has 1 unspecified atom stereocenters. The molecule has 106 valence electrons. The Morgan fingerprint density at radius 3 is 3.15 bits per heavy atom. The molecule has 0 radical (unpaired) electrons. The van der Waals surface area contributed by atoms with Crippen LogP contribution in [-0.4, -0.2) is 40.1 Å². The largest absolute Gasteiger partial charge is 0.481 e. The van der Waals surface area contributed by atoms with Gasteiger partial charge in [-0.25, -0.2) is 0 Å². The zero-order valence-corrected chi connectivity index (χ0v) is 11.9. The third kappa shape index (κ3) is 2.83. The number of hydrogen-bond acceptors (Lipinski definition) is 4. The Morgan fingerprint density at radius 1 is 1.45 bits per heavy atom. The van der Waals surface area contributed by atoms with Crippen molar-refractivity contribution in [2.75, 3.05) is 18.1 Å². The standard InChI is InChI=1S/C15H17NO3S/c17-15(18)7-12-10-20-6-5-16(12)8-11-9-19-14-4-2-1-3-13(11)14/h1-4,9,12H,5-8,10H2,(H,17,18). The molecule has 2 heterocycles. The van der Waals surface area contributed by atoms with Gasteiger partial charge in [-0.05, 0) is 6.07 Å². The number of para-hydroxylation sites is 1. The van der Waals surface area contributed by atoms with Crippen LogP contribution in [0.2, 0.25) is 0 Å². The van der Waals surface area contributed by atoms with E-state index in [0.717, 1.165) is 41.1 Å². The number of furan rings is 1. The molecule has 0 bridgehead atoms. The van der Waals surface area contributed by atoms with Gasteiger partial charge in [0.25, 0.3) is 0 Å². The number of benzene rings is 1. The fourth-order valence-corrected chi connectivity index (χ4v) is 3.79. The maximum Gasteiger partial charge on any atom is 0.304 e. The van der Waals surface area contributed by atoms with Crippen LogP contribution in [0.1, 0.15) is 12.0 Å². The summed E-state index contributed by atoms with van der Waals surface area (Å²) in [7, 11) is 0. The van der Waals surface area contributed by atoms with Crippen molar-refractivity contribution in [2.24, 2.45) is 0 Å². The summed E-state index contributed by atoms with van der Waals surface area (Å²) in [5.41, 5.74) is 2.03. The van der Waals surface area contributed by atoms with Crippen LogP contribution < -0.4 is 0 Å². The lowest BCUT2D eigenvalue weighted by Gasteiger charge is -2.34. The van der Waals surface area contributed by atoms with Crippen LogP contribution in [0.25, 0.3) is 11.0 Å². The first-order valence-corrected chi connectivity index (χ1v) is 7.88. The van der Waals surface area contributed by atoms with Crippen molar-refractivity contribution in [1.29, 1.82) is 0 Å². The predicted octanol–water partition coefficient (Wildman–Crippen LogP) is 2.82. The molecule has 0 aliphatic carbocycles. The molecule has 0 amide bonds. The van der Waals surface area contributed by atoms with E-state index >= 15 is 0 Å². The zero-order valence-electron chi connectivity index (χ0n) is 11.1. The second kappa shape index (κ2) is 5.89. The minimum atomic E-state index is -0.723. The maximum absolute atomic E-state index is 11.0. The number of fused-ring (bicyclic) bond motifs is 1. The lowest BCUT2D eigenvalue weighted by molar-refractivity contribution is -0.138. The molecule has 1 N–H and O–H groups in total. The Labute approximate surface area is 121 Å². The van der Waals surface area contributed by atoms with E-state index in [1.165, 1.54) is 0 Å². The van der Waals surface area contributed by atoms with Crippen LogP contribution in [-0.2, 0) is 11.3 Å². The van der Waals surface area contributed by atoms with Crippen molar-refractivity contribution < 1.29 is 14.3 Å². The van der Waals surface area contributed by atoms with E-state index < -0.39 is 5.97 Å². The Morgan fingerprint density at radius 2 is 2.30 bits per heavy atom. The zero-order chi connectivity index (χ0) is 13.9. The Hall–Kier alpha value is -1.46. The third-order valence-corrected chi connectivity index (χ3v) is 4.79. The molecule has 1 fully saturated rings. The van der Waals surface area contributed by atoms with Crippen molar-refractivity contribution in [1.82, 2.24) is 4.90 Å². The first kappa shape index (κ1) is 13.5. The summed E-state index contributed by atoms with van der Waals surface area (Å²) in [5.74, 6) is 1.23. The van der Waals surface area contributed by atoms with E-state index in [1.807, 2.05) is 30.0 Å². The highest BCUT2D eigenvalue weighted by molar-refractivity contribution is 7.99. The fraction of sp³-hybridized carbons (Fsp3) is 0.400. The normalized spacial score (nSPS) is 20.3. The molecule has 5 heteroatoms. The minimum absolute atomic E-state index is 0.111. The van der Waals surface area contributed by atoms with Gasteiger partial charge < -0.3 is 9.52 Å². The highest BCUT2D eigenvalue weighted by atomic mass is 32.2. The van der Waals surface area contributed by atoms with Gasteiger partial charge in [-0.2, -0.15) is 11.8 Å². The minimum Gasteiger partial charge on any atom is -0.481 e. The molecule has 2 aromatic rings. The van der Waals surface area contributed by atoms with Gasteiger partial charge in [-0.3, -0.25) is 9.69 Å². The fourth-order valence-electron chi connectivity index (χ4n) is 2.66. The molecule has 1 aromatic heterocycles. The van der Waals surface area contributed by atoms with Gasteiger partial charge in [0, 0.05) is 41.6 Å². The van der Waals surface area contributed by atoms with E-state index in [2.05, 4.69) is 11.0 Å². The van der Waals surface area contributed by atoms with Crippen molar-refractivity contribution in [3.63, 3.8) is 0 Å². The van der Waals surface area contributed by atoms with Crippen LogP contribution in [0.15, 0.2) is 34.9 Å². The first-order valence-electron chi connectivity index (χ1n) is 6.73. The SMILES string of the molecule is O=C(O)CC1CSCCN1Cc1coc2ccccc12. The summed E-state index contributed by atoms with van der Waals surface area (Å²) in [6.07, 6.45) is 2.01. The molecule has 1 aliphatic heterocycles. The van der Waals surface area contributed by atoms with Gasteiger partial charge in [0.1, 0.15) is 5.58 Å². The number of carboxylic acids is 1. The van der Waals surface area contributed by atoms with Crippen LogP contribution >= 0.6 is 11.8 Å². The lowest BCUT2D eigenvalue weighted by atomic mass is 10.1.